The highest BCUT2D eigenvalue weighted by atomic mass is 16.6. The number of rotatable bonds is 5. The van der Waals surface area contributed by atoms with Crippen molar-refractivity contribution >= 4 is 23.5 Å². The van der Waals surface area contributed by atoms with Gasteiger partial charge in [-0.2, -0.15) is 0 Å². The summed E-state index contributed by atoms with van der Waals surface area (Å²) in [7, 11) is 0. The van der Waals surface area contributed by atoms with Gasteiger partial charge in [-0.05, 0) is 61.4 Å². The molecule has 3 aromatic rings. The van der Waals surface area contributed by atoms with E-state index < -0.39 is 17.8 Å². The van der Waals surface area contributed by atoms with E-state index in [4.69, 9.17) is 9.47 Å². The van der Waals surface area contributed by atoms with Crippen LogP contribution in [0.5, 0.6) is 11.5 Å². The summed E-state index contributed by atoms with van der Waals surface area (Å²) in [4.78, 5) is 38.5. The summed E-state index contributed by atoms with van der Waals surface area (Å²) in [6.45, 7) is 3.69. The molecule has 0 saturated heterocycles. The first-order valence-corrected chi connectivity index (χ1v) is 9.42. The molecule has 0 aliphatic carbocycles. The fourth-order valence-corrected chi connectivity index (χ4v) is 3.22. The van der Waals surface area contributed by atoms with E-state index >= 15 is 0 Å². The Morgan fingerprint density at radius 3 is 2.17 bits per heavy atom. The molecule has 30 heavy (non-hydrogen) atoms. The largest absolute Gasteiger partial charge is 0.482 e. The number of esters is 1. The smallest absolute Gasteiger partial charge is 0.349 e. The van der Waals surface area contributed by atoms with Gasteiger partial charge >= 0.3 is 5.97 Å². The number of amides is 2. The summed E-state index contributed by atoms with van der Waals surface area (Å²) >= 11 is 0. The first-order chi connectivity index (χ1) is 14.4. The number of nitrogens with zero attached hydrogens (tertiary/aromatic N) is 1. The van der Waals surface area contributed by atoms with Gasteiger partial charge in [0.15, 0.2) is 6.61 Å². The number of carbonyl (C=O) groups is 3. The van der Waals surface area contributed by atoms with E-state index in [-0.39, 0.29) is 12.4 Å². The maximum atomic E-state index is 12.6. The number of ether oxygens (including phenoxy) is 2. The van der Waals surface area contributed by atoms with Crippen LogP contribution < -0.4 is 14.4 Å². The highest BCUT2D eigenvalue weighted by Gasteiger charge is 2.36. The second kappa shape index (κ2) is 7.83. The van der Waals surface area contributed by atoms with Crippen molar-refractivity contribution in [3.05, 3.63) is 89.0 Å². The molecule has 0 radical (unpaired) electrons. The third-order valence-corrected chi connectivity index (χ3v) is 4.94. The zero-order valence-corrected chi connectivity index (χ0v) is 16.5. The molecule has 0 fully saturated rings. The van der Waals surface area contributed by atoms with Crippen molar-refractivity contribution < 1.29 is 23.9 Å². The number of fused-ring (bicyclic) bond motifs is 1. The van der Waals surface area contributed by atoms with Crippen LogP contribution in [0, 0.1) is 13.8 Å². The van der Waals surface area contributed by atoms with Crippen LogP contribution >= 0.6 is 0 Å². The summed E-state index contributed by atoms with van der Waals surface area (Å²) in [6.07, 6.45) is 0. The molecular weight excluding hydrogens is 382 g/mol. The molecule has 1 aliphatic heterocycles. The minimum atomic E-state index is -0.590. The van der Waals surface area contributed by atoms with E-state index in [1.54, 1.807) is 48.5 Å². The Morgan fingerprint density at radius 1 is 0.800 bits per heavy atom. The van der Waals surface area contributed by atoms with Crippen molar-refractivity contribution in [1.29, 1.82) is 0 Å². The second-order valence-electron chi connectivity index (χ2n) is 7.00. The van der Waals surface area contributed by atoms with Gasteiger partial charge in [-0.3, -0.25) is 9.59 Å². The SMILES string of the molecule is Cc1ccc(OCC(=O)Oc2cccc(N3C(=O)c4ccccc4C3=O)c2)cc1C. The topological polar surface area (TPSA) is 72.9 Å². The van der Waals surface area contributed by atoms with Gasteiger partial charge in [0.1, 0.15) is 11.5 Å². The van der Waals surface area contributed by atoms with Gasteiger partial charge in [0, 0.05) is 6.07 Å². The van der Waals surface area contributed by atoms with Crippen LogP contribution in [0.25, 0.3) is 0 Å². The van der Waals surface area contributed by atoms with Gasteiger partial charge in [0.25, 0.3) is 11.8 Å². The van der Waals surface area contributed by atoms with E-state index in [2.05, 4.69) is 0 Å². The van der Waals surface area contributed by atoms with Crippen LogP contribution in [-0.4, -0.2) is 24.4 Å². The lowest BCUT2D eigenvalue weighted by atomic mass is 10.1. The molecule has 0 spiro atoms. The molecule has 2 amide bonds. The number of hydrogen-bond acceptors (Lipinski definition) is 5. The lowest BCUT2D eigenvalue weighted by Crippen LogP contribution is -2.29. The quantitative estimate of drug-likeness (QED) is 0.366. The minimum Gasteiger partial charge on any atom is -0.482 e. The van der Waals surface area contributed by atoms with Crippen molar-refractivity contribution in [3.63, 3.8) is 0 Å². The molecule has 0 atom stereocenters. The number of benzene rings is 3. The average molecular weight is 401 g/mol. The molecule has 0 bridgehead atoms. The molecule has 3 aromatic carbocycles. The monoisotopic (exact) mass is 401 g/mol. The highest BCUT2D eigenvalue weighted by Crippen LogP contribution is 2.30. The lowest BCUT2D eigenvalue weighted by Gasteiger charge is -2.15. The predicted molar refractivity (Wildman–Crippen MR) is 111 cm³/mol. The maximum Gasteiger partial charge on any atom is 0.349 e. The number of anilines is 1. The molecule has 6 heteroatoms. The number of aryl methyl sites for hydroxylation is 2. The highest BCUT2D eigenvalue weighted by molar-refractivity contribution is 6.34. The second-order valence-corrected chi connectivity index (χ2v) is 7.00. The third kappa shape index (κ3) is 3.67. The van der Waals surface area contributed by atoms with Crippen LogP contribution in [0.2, 0.25) is 0 Å². The summed E-state index contributed by atoms with van der Waals surface area (Å²) in [6, 6.07) is 18.5. The Hall–Kier alpha value is -3.93. The Morgan fingerprint density at radius 2 is 1.50 bits per heavy atom. The Bertz CT molecular complexity index is 1130. The number of hydrogen-bond donors (Lipinski definition) is 0. The first kappa shape index (κ1) is 19.4. The molecular formula is C24H19NO5. The molecule has 0 aromatic heterocycles. The van der Waals surface area contributed by atoms with Gasteiger partial charge in [-0.15, -0.1) is 0 Å². The van der Waals surface area contributed by atoms with Crippen LogP contribution in [0.1, 0.15) is 31.8 Å². The Balaban J connectivity index is 1.45. The molecule has 1 aliphatic rings. The predicted octanol–water partition coefficient (Wildman–Crippen LogP) is 4.09. The van der Waals surface area contributed by atoms with Gasteiger partial charge in [-0.1, -0.05) is 24.3 Å². The molecule has 150 valence electrons. The van der Waals surface area contributed by atoms with Gasteiger partial charge in [0.2, 0.25) is 0 Å². The molecule has 0 unspecified atom stereocenters. The van der Waals surface area contributed by atoms with Crippen molar-refractivity contribution in [2.24, 2.45) is 0 Å². The van der Waals surface area contributed by atoms with Crippen molar-refractivity contribution in [3.8, 4) is 11.5 Å². The molecule has 1 heterocycles. The first-order valence-electron chi connectivity index (χ1n) is 9.42. The van der Waals surface area contributed by atoms with Gasteiger partial charge in [-0.25, -0.2) is 9.69 Å². The van der Waals surface area contributed by atoms with E-state index in [9.17, 15) is 14.4 Å². The summed E-state index contributed by atoms with van der Waals surface area (Å²) < 4.78 is 10.8. The third-order valence-electron chi connectivity index (χ3n) is 4.94. The van der Waals surface area contributed by atoms with Gasteiger partial charge < -0.3 is 9.47 Å². The molecule has 0 saturated carbocycles. The van der Waals surface area contributed by atoms with E-state index in [1.165, 1.54) is 6.07 Å². The van der Waals surface area contributed by atoms with Crippen LogP contribution in [-0.2, 0) is 4.79 Å². The minimum absolute atomic E-state index is 0.220. The lowest BCUT2D eigenvalue weighted by molar-refractivity contribution is -0.136. The summed E-state index contributed by atoms with van der Waals surface area (Å²) in [5, 5.41) is 0. The number of imide groups is 1. The molecule has 0 N–H and O–H groups in total. The summed E-state index contributed by atoms with van der Waals surface area (Å²) in [5.74, 6) is -0.602. The molecule has 4 rings (SSSR count). The van der Waals surface area contributed by atoms with E-state index in [0.29, 0.717) is 22.6 Å². The van der Waals surface area contributed by atoms with Crippen LogP contribution in [0.15, 0.2) is 66.7 Å². The summed E-state index contributed by atoms with van der Waals surface area (Å²) in [5.41, 5.74) is 3.24. The Labute approximate surface area is 173 Å². The number of carbonyl (C=O) groups excluding carboxylic acids is 3. The van der Waals surface area contributed by atoms with E-state index in [0.717, 1.165) is 16.0 Å². The van der Waals surface area contributed by atoms with Crippen molar-refractivity contribution in [2.45, 2.75) is 13.8 Å². The molecule has 6 nitrogen and oxygen atoms in total. The standard InChI is InChI=1S/C24H19NO5/c1-15-10-11-18(12-16(15)2)29-14-22(26)30-19-7-5-6-17(13-19)25-23(27)20-8-3-4-9-21(20)24(25)28/h3-13H,14H2,1-2H3. The zero-order chi connectivity index (χ0) is 21.3. The Kier molecular flexibility index (Phi) is 5.06. The van der Waals surface area contributed by atoms with Crippen LogP contribution in [0.4, 0.5) is 5.69 Å². The van der Waals surface area contributed by atoms with Crippen LogP contribution in [0.3, 0.4) is 0 Å². The average Bonchev–Trinajstić information content (AvgIpc) is 3.00. The fourth-order valence-electron chi connectivity index (χ4n) is 3.22. The normalized spacial score (nSPS) is 12.7. The maximum absolute atomic E-state index is 12.6. The zero-order valence-electron chi connectivity index (χ0n) is 16.5. The fraction of sp³-hybridized carbons (Fsp3) is 0.125. The van der Waals surface area contributed by atoms with E-state index in [1.807, 2.05) is 26.0 Å². The van der Waals surface area contributed by atoms with Gasteiger partial charge in [0.05, 0.1) is 16.8 Å². The van der Waals surface area contributed by atoms with Crippen molar-refractivity contribution in [1.82, 2.24) is 0 Å². The van der Waals surface area contributed by atoms with Crippen molar-refractivity contribution in [2.75, 3.05) is 11.5 Å².